The van der Waals surface area contributed by atoms with Gasteiger partial charge in [0.25, 0.3) is 0 Å². The number of rotatable bonds is 2. The molecule has 0 N–H and O–H groups in total. The van der Waals surface area contributed by atoms with E-state index in [1.165, 1.54) is 5.56 Å². The highest BCUT2D eigenvalue weighted by Gasteiger charge is 2.12. The van der Waals surface area contributed by atoms with Crippen LogP contribution in [0.3, 0.4) is 0 Å². The number of halogens is 1. The number of hydrogen-bond acceptors (Lipinski definition) is 1. The highest BCUT2D eigenvalue weighted by atomic mass is 35.5. The third-order valence-corrected chi connectivity index (χ3v) is 2.86. The minimum Gasteiger partial charge on any atom is -0.313 e. The molecule has 16 heavy (non-hydrogen) atoms. The van der Waals surface area contributed by atoms with Crippen molar-refractivity contribution in [3.63, 3.8) is 0 Å². The van der Waals surface area contributed by atoms with Crippen LogP contribution in [-0.4, -0.2) is 9.55 Å². The zero-order valence-corrected chi connectivity index (χ0v) is 10.5. The monoisotopic (exact) mass is 234 g/mol. The van der Waals surface area contributed by atoms with Crippen molar-refractivity contribution >= 4 is 11.6 Å². The van der Waals surface area contributed by atoms with Gasteiger partial charge in [0, 0.05) is 11.6 Å². The molecule has 0 unspecified atom stereocenters. The Bertz CT molecular complexity index is 483. The molecule has 0 saturated carbocycles. The molecule has 2 aromatic rings. The third-order valence-electron chi connectivity index (χ3n) is 2.58. The zero-order valence-electron chi connectivity index (χ0n) is 9.74. The smallest absolute Gasteiger partial charge is 0.141 e. The van der Waals surface area contributed by atoms with Gasteiger partial charge in [-0.25, -0.2) is 4.98 Å². The van der Waals surface area contributed by atoms with Gasteiger partial charge in [0.1, 0.15) is 11.0 Å². The first-order valence-corrected chi connectivity index (χ1v) is 5.77. The summed E-state index contributed by atoms with van der Waals surface area (Å²) in [6, 6.07) is 8.64. The van der Waals surface area contributed by atoms with Crippen LogP contribution in [0.4, 0.5) is 0 Å². The van der Waals surface area contributed by atoms with Crippen molar-refractivity contribution < 1.29 is 0 Å². The topological polar surface area (TPSA) is 17.8 Å². The fraction of sp³-hybridized carbons (Fsp3) is 0.308. The van der Waals surface area contributed by atoms with E-state index in [9.17, 15) is 0 Å². The summed E-state index contributed by atoms with van der Waals surface area (Å²) in [5.41, 5.74) is 2.35. The Hall–Kier alpha value is -1.28. The van der Waals surface area contributed by atoms with Crippen LogP contribution in [0.5, 0.6) is 0 Å². The molecule has 3 heteroatoms. The molecule has 0 saturated heterocycles. The fourth-order valence-electron chi connectivity index (χ4n) is 1.75. The Labute approximate surface area is 101 Å². The van der Waals surface area contributed by atoms with Crippen LogP contribution in [0.15, 0.2) is 30.5 Å². The molecule has 2 rings (SSSR count). The number of imidazole rings is 1. The van der Waals surface area contributed by atoms with Gasteiger partial charge in [-0.15, -0.1) is 0 Å². The number of nitrogens with zero attached hydrogens (tertiary/aromatic N) is 2. The second-order valence-corrected chi connectivity index (χ2v) is 4.62. The molecule has 1 aromatic carbocycles. The van der Waals surface area contributed by atoms with Gasteiger partial charge in [-0.1, -0.05) is 41.4 Å². The lowest BCUT2D eigenvalue weighted by atomic mass is 10.1. The maximum Gasteiger partial charge on any atom is 0.141 e. The van der Waals surface area contributed by atoms with E-state index in [0.29, 0.717) is 11.2 Å². The van der Waals surface area contributed by atoms with Gasteiger partial charge in [0.05, 0.1) is 6.20 Å². The predicted octanol–water partition coefficient (Wildman–Crippen LogP) is 4.09. The minimum absolute atomic E-state index is 0.311. The molecule has 0 fully saturated rings. The second kappa shape index (κ2) is 4.30. The number of hydrogen-bond donors (Lipinski definition) is 0. The summed E-state index contributed by atoms with van der Waals surface area (Å²) in [5.74, 6) is 0.931. The molecule has 2 nitrogen and oxygen atoms in total. The fourth-order valence-corrected chi connectivity index (χ4v) is 2.07. The van der Waals surface area contributed by atoms with E-state index in [1.807, 2.05) is 4.57 Å². The largest absolute Gasteiger partial charge is 0.313 e. The van der Waals surface area contributed by atoms with Crippen LogP contribution < -0.4 is 0 Å². The van der Waals surface area contributed by atoms with Crippen molar-refractivity contribution in [1.29, 1.82) is 0 Å². The maximum atomic E-state index is 6.12. The van der Waals surface area contributed by atoms with Crippen LogP contribution in [0.1, 0.15) is 25.5 Å². The molecular formula is C13H15ClN2. The van der Waals surface area contributed by atoms with E-state index in [-0.39, 0.29) is 0 Å². The van der Waals surface area contributed by atoms with Gasteiger partial charge in [-0.2, -0.15) is 0 Å². The average Bonchev–Trinajstić information content (AvgIpc) is 2.61. The van der Waals surface area contributed by atoms with Gasteiger partial charge in [0.2, 0.25) is 0 Å². The molecule has 84 valence electrons. The van der Waals surface area contributed by atoms with Crippen LogP contribution in [0.2, 0.25) is 5.15 Å². The second-order valence-electron chi connectivity index (χ2n) is 4.23. The summed E-state index contributed by atoms with van der Waals surface area (Å²) < 4.78 is 2.03. The van der Waals surface area contributed by atoms with Crippen molar-refractivity contribution in [2.24, 2.45) is 0 Å². The molecule has 1 aromatic heterocycles. The normalized spacial score (nSPS) is 11.1. The first-order chi connectivity index (χ1) is 7.59. The van der Waals surface area contributed by atoms with Crippen LogP contribution in [-0.2, 0) is 0 Å². The standard InChI is InChI=1S/C13H15ClN2/c1-9(2)16-12(14)8-15-13(16)11-6-4-10(3)5-7-11/h4-9H,1-3H3. The summed E-state index contributed by atoms with van der Waals surface area (Å²) in [6.45, 7) is 6.28. The molecule has 0 spiro atoms. The van der Waals surface area contributed by atoms with E-state index >= 15 is 0 Å². The number of benzene rings is 1. The van der Waals surface area contributed by atoms with Crippen molar-refractivity contribution in [1.82, 2.24) is 9.55 Å². The first kappa shape index (κ1) is 11.2. The molecular weight excluding hydrogens is 220 g/mol. The first-order valence-electron chi connectivity index (χ1n) is 5.39. The summed E-state index contributed by atoms with van der Waals surface area (Å²) in [7, 11) is 0. The van der Waals surface area contributed by atoms with Crippen LogP contribution in [0, 0.1) is 6.92 Å². The number of aromatic nitrogens is 2. The highest BCUT2D eigenvalue weighted by molar-refractivity contribution is 6.29. The van der Waals surface area contributed by atoms with Gasteiger partial charge < -0.3 is 4.57 Å². The Balaban J connectivity index is 2.52. The molecule has 0 bridgehead atoms. The van der Waals surface area contributed by atoms with Gasteiger partial charge in [0.15, 0.2) is 0 Å². The van der Waals surface area contributed by atoms with Crippen LogP contribution in [0.25, 0.3) is 11.4 Å². The Morgan fingerprint density at radius 1 is 1.19 bits per heavy atom. The van der Waals surface area contributed by atoms with E-state index in [2.05, 4.69) is 50.0 Å². The maximum absolute atomic E-state index is 6.12. The van der Waals surface area contributed by atoms with Gasteiger partial charge >= 0.3 is 0 Å². The lowest BCUT2D eigenvalue weighted by Gasteiger charge is -2.12. The molecule has 1 heterocycles. The summed E-state index contributed by atoms with van der Waals surface area (Å²) in [4.78, 5) is 4.37. The average molecular weight is 235 g/mol. The van der Waals surface area contributed by atoms with Crippen molar-refractivity contribution in [2.75, 3.05) is 0 Å². The lowest BCUT2D eigenvalue weighted by Crippen LogP contribution is -2.03. The summed E-state index contributed by atoms with van der Waals surface area (Å²) >= 11 is 6.12. The van der Waals surface area contributed by atoms with Gasteiger partial charge in [-0.3, -0.25) is 0 Å². The van der Waals surface area contributed by atoms with Crippen molar-refractivity contribution in [2.45, 2.75) is 26.8 Å². The molecule has 0 aliphatic heterocycles. The molecule has 0 radical (unpaired) electrons. The molecule has 0 amide bonds. The molecule has 0 aliphatic rings. The predicted molar refractivity (Wildman–Crippen MR) is 67.8 cm³/mol. The highest BCUT2D eigenvalue weighted by Crippen LogP contribution is 2.26. The lowest BCUT2D eigenvalue weighted by molar-refractivity contribution is 0.607. The number of aryl methyl sites for hydroxylation is 1. The van der Waals surface area contributed by atoms with E-state index in [0.717, 1.165) is 11.4 Å². The third kappa shape index (κ3) is 1.98. The molecule has 0 atom stereocenters. The summed E-state index contributed by atoms with van der Waals surface area (Å²) in [5, 5.41) is 0.686. The molecule has 0 aliphatic carbocycles. The minimum atomic E-state index is 0.311. The van der Waals surface area contributed by atoms with Crippen LogP contribution >= 0.6 is 11.6 Å². The van der Waals surface area contributed by atoms with E-state index in [1.54, 1.807) is 6.20 Å². The van der Waals surface area contributed by atoms with E-state index in [4.69, 9.17) is 11.6 Å². The van der Waals surface area contributed by atoms with Crippen molar-refractivity contribution in [3.8, 4) is 11.4 Å². The Morgan fingerprint density at radius 2 is 1.81 bits per heavy atom. The van der Waals surface area contributed by atoms with E-state index < -0.39 is 0 Å². The van der Waals surface area contributed by atoms with Crippen molar-refractivity contribution in [3.05, 3.63) is 41.2 Å². The Morgan fingerprint density at radius 3 is 2.38 bits per heavy atom. The van der Waals surface area contributed by atoms with Gasteiger partial charge in [-0.05, 0) is 20.8 Å². The SMILES string of the molecule is Cc1ccc(-c2ncc(Cl)n2C(C)C)cc1. The summed E-state index contributed by atoms with van der Waals surface area (Å²) in [6.07, 6.45) is 1.71. The Kier molecular flexibility index (Phi) is 3.01. The zero-order chi connectivity index (χ0) is 11.7. The quantitative estimate of drug-likeness (QED) is 0.765.